The molecule has 95 valence electrons. The molecule has 1 saturated heterocycles. The van der Waals surface area contributed by atoms with E-state index < -0.39 is 10.2 Å². The Morgan fingerprint density at radius 3 is 2.75 bits per heavy atom. The average Bonchev–Trinajstić information content (AvgIpc) is 2.26. The summed E-state index contributed by atoms with van der Waals surface area (Å²) in [4.78, 5) is 0. The quantitative estimate of drug-likeness (QED) is 0.629. The molecule has 0 bridgehead atoms. The molecular weight excluding hydrogens is 232 g/mol. The van der Waals surface area contributed by atoms with E-state index in [1.165, 1.54) is 22.7 Å². The Labute approximate surface area is 97.3 Å². The van der Waals surface area contributed by atoms with Crippen LogP contribution in [0.4, 0.5) is 0 Å². The highest BCUT2D eigenvalue weighted by atomic mass is 32.2. The van der Waals surface area contributed by atoms with E-state index in [1.54, 1.807) is 7.11 Å². The molecule has 0 saturated carbocycles. The molecule has 0 aromatic heterocycles. The van der Waals surface area contributed by atoms with Crippen molar-refractivity contribution in [1.82, 2.24) is 8.61 Å². The molecule has 0 N–H and O–H groups in total. The fraction of sp³-hybridized carbons (Fsp3) is 0.889. The molecule has 1 atom stereocenters. The van der Waals surface area contributed by atoms with Crippen molar-refractivity contribution in [3.8, 4) is 0 Å². The van der Waals surface area contributed by atoms with E-state index in [2.05, 4.69) is 0 Å². The second kappa shape index (κ2) is 5.92. The second-order valence-corrected chi connectivity index (χ2v) is 5.97. The molecule has 0 unspecified atom stereocenters. The first-order valence-electron chi connectivity index (χ1n) is 5.08. The summed E-state index contributed by atoms with van der Waals surface area (Å²) in [5.41, 5.74) is 0. The van der Waals surface area contributed by atoms with Crippen molar-refractivity contribution < 1.29 is 17.9 Å². The highest BCUT2D eigenvalue weighted by Crippen LogP contribution is 2.16. The van der Waals surface area contributed by atoms with Gasteiger partial charge in [0.25, 0.3) is 10.2 Å². The van der Waals surface area contributed by atoms with Crippen LogP contribution in [0.25, 0.3) is 0 Å². The predicted molar refractivity (Wildman–Crippen MR) is 59.8 cm³/mol. The molecule has 1 rings (SSSR count). The Hall–Kier alpha value is -0.210. The third kappa shape index (κ3) is 3.39. The van der Waals surface area contributed by atoms with Crippen molar-refractivity contribution >= 4 is 10.2 Å². The standard InChI is InChI=1S/C9H19N2O4S/c1-10(2)16(12,13)11-6-4-5-9(7-11)15-8-14-3/h4,9H,5-8H2,1-3H3/t9-/m1/s1. The fourth-order valence-corrected chi connectivity index (χ4v) is 2.60. The van der Waals surface area contributed by atoms with E-state index in [0.717, 1.165) is 6.42 Å². The van der Waals surface area contributed by atoms with E-state index in [9.17, 15) is 8.42 Å². The van der Waals surface area contributed by atoms with Crippen molar-refractivity contribution in [2.24, 2.45) is 0 Å². The van der Waals surface area contributed by atoms with Gasteiger partial charge >= 0.3 is 0 Å². The first-order chi connectivity index (χ1) is 7.48. The zero-order chi connectivity index (χ0) is 12.2. The van der Waals surface area contributed by atoms with E-state index >= 15 is 0 Å². The minimum atomic E-state index is -3.34. The van der Waals surface area contributed by atoms with Crippen molar-refractivity contribution in [2.45, 2.75) is 12.5 Å². The van der Waals surface area contributed by atoms with Crippen LogP contribution in [-0.4, -0.2) is 64.2 Å². The molecule has 0 spiro atoms. The summed E-state index contributed by atoms with van der Waals surface area (Å²) in [6.07, 6.45) is 2.54. The van der Waals surface area contributed by atoms with Crippen LogP contribution in [0.15, 0.2) is 0 Å². The van der Waals surface area contributed by atoms with Gasteiger partial charge in [0, 0.05) is 34.3 Å². The summed E-state index contributed by atoms with van der Waals surface area (Å²) in [7, 11) is 1.24. The lowest BCUT2D eigenvalue weighted by atomic mass is 10.1. The predicted octanol–water partition coefficient (Wildman–Crippen LogP) is -0.308. The Bertz CT molecular complexity index is 305. The first kappa shape index (κ1) is 13.9. The largest absolute Gasteiger partial charge is 0.359 e. The highest BCUT2D eigenvalue weighted by molar-refractivity contribution is 7.86. The Morgan fingerprint density at radius 2 is 2.19 bits per heavy atom. The Balaban J connectivity index is 2.57. The number of nitrogens with zero attached hydrogens (tertiary/aromatic N) is 2. The summed E-state index contributed by atoms with van der Waals surface area (Å²) >= 11 is 0. The minimum Gasteiger partial charge on any atom is -0.359 e. The first-order valence-corrected chi connectivity index (χ1v) is 6.48. The van der Waals surface area contributed by atoms with Gasteiger partial charge in [-0.25, -0.2) is 0 Å². The number of ether oxygens (including phenoxy) is 2. The molecule has 1 heterocycles. The second-order valence-electron chi connectivity index (χ2n) is 3.83. The molecular formula is C9H19N2O4S. The van der Waals surface area contributed by atoms with Gasteiger partial charge in [-0.15, -0.1) is 0 Å². The number of hydrogen-bond acceptors (Lipinski definition) is 4. The maximum absolute atomic E-state index is 11.8. The zero-order valence-electron chi connectivity index (χ0n) is 9.92. The number of rotatable bonds is 5. The van der Waals surface area contributed by atoms with Gasteiger partial charge in [0.05, 0.1) is 6.10 Å². The summed E-state index contributed by atoms with van der Waals surface area (Å²) in [6.45, 7) is 1.00. The lowest BCUT2D eigenvalue weighted by molar-refractivity contribution is -0.0796. The van der Waals surface area contributed by atoms with Crippen molar-refractivity contribution in [3.05, 3.63) is 6.42 Å². The van der Waals surface area contributed by atoms with Crippen LogP contribution in [0.3, 0.4) is 0 Å². The number of methoxy groups -OCH3 is 1. The summed E-state index contributed by atoms with van der Waals surface area (Å²) in [5, 5.41) is 0. The van der Waals surface area contributed by atoms with Crippen LogP contribution >= 0.6 is 0 Å². The Kier molecular flexibility index (Phi) is 5.13. The van der Waals surface area contributed by atoms with Crippen LogP contribution in [0.1, 0.15) is 6.42 Å². The fourth-order valence-electron chi connectivity index (χ4n) is 1.48. The van der Waals surface area contributed by atoms with E-state index in [-0.39, 0.29) is 12.9 Å². The number of piperidine rings is 1. The molecule has 6 nitrogen and oxygen atoms in total. The van der Waals surface area contributed by atoms with Gasteiger partial charge in [-0.3, -0.25) is 0 Å². The van der Waals surface area contributed by atoms with Crippen molar-refractivity contribution in [2.75, 3.05) is 41.1 Å². The van der Waals surface area contributed by atoms with E-state index in [4.69, 9.17) is 9.47 Å². The minimum absolute atomic E-state index is 0.122. The topological polar surface area (TPSA) is 59.1 Å². The van der Waals surface area contributed by atoms with E-state index in [1.807, 2.05) is 6.42 Å². The van der Waals surface area contributed by atoms with Gasteiger partial charge in [0.1, 0.15) is 6.79 Å². The molecule has 0 aromatic rings. The van der Waals surface area contributed by atoms with Crippen LogP contribution in [0.2, 0.25) is 0 Å². The lowest BCUT2D eigenvalue weighted by Crippen LogP contribution is -2.48. The molecule has 16 heavy (non-hydrogen) atoms. The van der Waals surface area contributed by atoms with Gasteiger partial charge in [-0.1, -0.05) is 0 Å². The SMILES string of the molecule is COCO[C@@H]1C[CH]CN(S(=O)(=O)N(C)C)C1. The molecule has 7 heteroatoms. The zero-order valence-corrected chi connectivity index (χ0v) is 10.7. The average molecular weight is 251 g/mol. The van der Waals surface area contributed by atoms with Crippen LogP contribution in [-0.2, 0) is 19.7 Å². The van der Waals surface area contributed by atoms with Gasteiger partial charge < -0.3 is 9.47 Å². The lowest BCUT2D eigenvalue weighted by Gasteiger charge is -2.32. The molecule has 1 aliphatic rings. The van der Waals surface area contributed by atoms with Crippen molar-refractivity contribution in [1.29, 1.82) is 0 Å². The highest BCUT2D eigenvalue weighted by Gasteiger charge is 2.30. The van der Waals surface area contributed by atoms with Crippen LogP contribution in [0.5, 0.6) is 0 Å². The van der Waals surface area contributed by atoms with Gasteiger partial charge in [0.2, 0.25) is 0 Å². The van der Waals surface area contributed by atoms with Crippen molar-refractivity contribution in [3.63, 3.8) is 0 Å². The van der Waals surface area contributed by atoms with Gasteiger partial charge in [-0.05, 0) is 12.8 Å². The smallest absolute Gasteiger partial charge is 0.281 e. The van der Waals surface area contributed by atoms with Crippen LogP contribution in [0, 0.1) is 6.42 Å². The molecule has 0 aromatic carbocycles. The number of hydrogen-bond donors (Lipinski definition) is 0. The third-order valence-corrected chi connectivity index (χ3v) is 4.25. The maximum atomic E-state index is 11.8. The maximum Gasteiger partial charge on any atom is 0.281 e. The summed E-state index contributed by atoms with van der Waals surface area (Å²) in [5.74, 6) is 0. The monoisotopic (exact) mass is 251 g/mol. The van der Waals surface area contributed by atoms with Gasteiger partial charge in [-0.2, -0.15) is 17.0 Å². The molecule has 0 aliphatic carbocycles. The summed E-state index contributed by atoms with van der Waals surface area (Å²) < 4.78 is 36.5. The molecule has 0 amide bonds. The van der Waals surface area contributed by atoms with Crippen LogP contribution < -0.4 is 0 Å². The molecule has 1 radical (unpaired) electrons. The van der Waals surface area contributed by atoms with Gasteiger partial charge in [0.15, 0.2) is 0 Å². The normalized spacial score (nSPS) is 23.9. The van der Waals surface area contributed by atoms with E-state index in [0.29, 0.717) is 13.1 Å². The molecule has 1 fully saturated rings. The third-order valence-electron chi connectivity index (χ3n) is 2.38. The molecule has 1 aliphatic heterocycles. The Morgan fingerprint density at radius 1 is 1.50 bits per heavy atom. The summed E-state index contributed by atoms with van der Waals surface area (Å²) in [6, 6.07) is 0.